The molecular weight excluding hydrogens is 296 g/mol. The number of aliphatic carboxylic acids is 1. The summed E-state index contributed by atoms with van der Waals surface area (Å²) in [7, 11) is 1.40. The van der Waals surface area contributed by atoms with Crippen molar-refractivity contribution in [3.63, 3.8) is 0 Å². The summed E-state index contributed by atoms with van der Waals surface area (Å²) in [4.78, 5) is 22.9. The summed E-state index contributed by atoms with van der Waals surface area (Å²) in [5, 5.41) is 12.1. The van der Waals surface area contributed by atoms with E-state index in [-0.39, 0.29) is 23.8 Å². The number of carbonyl (C=O) groups is 1. The Morgan fingerprint density at radius 2 is 2.05 bits per heavy atom. The number of benzene rings is 1. The molecule has 0 aliphatic carbocycles. The van der Waals surface area contributed by atoms with Crippen LogP contribution in [0.15, 0.2) is 30.3 Å². The highest BCUT2D eigenvalue weighted by molar-refractivity contribution is 6.28. The van der Waals surface area contributed by atoms with Crippen LogP contribution in [0.25, 0.3) is 0 Å². The van der Waals surface area contributed by atoms with Gasteiger partial charge in [-0.1, -0.05) is 30.3 Å². The third-order valence-corrected chi connectivity index (χ3v) is 2.90. The summed E-state index contributed by atoms with van der Waals surface area (Å²) in [5.41, 5.74) is 0.685. The first-order chi connectivity index (χ1) is 10.1. The predicted molar refractivity (Wildman–Crippen MR) is 76.7 cm³/mol. The molecule has 0 bridgehead atoms. The highest BCUT2D eigenvalue weighted by Gasteiger charge is 2.20. The van der Waals surface area contributed by atoms with Crippen LogP contribution < -0.4 is 10.1 Å². The van der Waals surface area contributed by atoms with Crippen molar-refractivity contribution in [1.29, 1.82) is 0 Å². The Bertz CT molecular complexity index is 624. The van der Waals surface area contributed by atoms with E-state index < -0.39 is 11.9 Å². The van der Waals surface area contributed by atoms with Crippen LogP contribution in [0.2, 0.25) is 5.28 Å². The average molecular weight is 309 g/mol. The summed E-state index contributed by atoms with van der Waals surface area (Å²) >= 11 is 5.73. The second-order valence-corrected chi connectivity index (χ2v) is 4.44. The maximum Gasteiger partial charge on any atom is 0.322 e. The second kappa shape index (κ2) is 6.85. The Morgan fingerprint density at radius 3 is 2.67 bits per heavy atom. The molecule has 21 heavy (non-hydrogen) atoms. The van der Waals surface area contributed by atoms with Crippen LogP contribution in [0.4, 0.5) is 5.95 Å². The number of hydrogen-bond acceptors (Lipinski definition) is 6. The predicted octanol–water partition coefficient (Wildman–Crippen LogP) is 1.81. The number of anilines is 1. The zero-order valence-electron chi connectivity index (χ0n) is 11.2. The zero-order chi connectivity index (χ0) is 15.2. The number of hydrogen-bond donors (Lipinski definition) is 2. The van der Waals surface area contributed by atoms with Gasteiger partial charge < -0.3 is 15.2 Å². The average Bonchev–Trinajstić information content (AvgIpc) is 2.47. The molecule has 0 radical (unpaired) electrons. The van der Waals surface area contributed by atoms with Gasteiger partial charge in [0.05, 0.1) is 13.0 Å². The van der Waals surface area contributed by atoms with Gasteiger partial charge in [0.2, 0.25) is 11.2 Å². The van der Waals surface area contributed by atoms with Crippen LogP contribution in [0, 0.1) is 0 Å². The molecule has 8 heteroatoms. The van der Waals surface area contributed by atoms with Crippen LogP contribution in [-0.2, 0) is 4.79 Å². The first kappa shape index (κ1) is 15.0. The summed E-state index contributed by atoms with van der Waals surface area (Å²) < 4.78 is 4.87. The highest BCUT2D eigenvalue weighted by Crippen LogP contribution is 2.17. The fraction of sp³-hybridized carbons (Fsp3) is 0.231. The largest absolute Gasteiger partial charge is 0.481 e. The normalized spacial score (nSPS) is 11.7. The van der Waals surface area contributed by atoms with Gasteiger partial charge in [-0.25, -0.2) is 0 Å². The molecule has 7 nitrogen and oxygen atoms in total. The van der Waals surface area contributed by atoms with E-state index in [4.69, 9.17) is 16.3 Å². The Labute approximate surface area is 126 Å². The molecule has 110 valence electrons. The molecular formula is C13H13ClN4O3. The monoisotopic (exact) mass is 308 g/mol. The third kappa shape index (κ3) is 4.03. The number of ether oxygens (including phenoxy) is 1. The molecule has 1 heterocycles. The molecule has 2 aromatic rings. The van der Waals surface area contributed by atoms with Gasteiger partial charge in [-0.05, 0) is 17.2 Å². The number of rotatable bonds is 6. The van der Waals surface area contributed by atoms with Crippen LogP contribution in [-0.4, -0.2) is 39.7 Å². The molecule has 1 unspecified atom stereocenters. The maximum atomic E-state index is 11.4. The van der Waals surface area contributed by atoms with E-state index in [1.165, 1.54) is 7.11 Å². The van der Waals surface area contributed by atoms with E-state index in [0.29, 0.717) is 5.56 Å². The molecule has 1 atom stereocenters. The van der Waals surface area contributed by atoms with Gasteiger partial charge in [0, 0.05) is 6.54 Å². The SMILES string of the molecule is COc1nc(Cl)nc(NCC(C(=O)O)c2ccccc2)n1. The van der Waals surface area contributed by atoms with E-state index in [2.05, 4.69) is 20.3 Å². The lowest BCUT2D eigenvalue weighted by Crippen LogP contribution is -2.22. The van der Waals surface area contributed by atoms with Crippen LogP contribution in [0.5, 0.6) is 6.01 Å². The third-order valence-electron chi connectivity index (χ3n) is 2.73. The number of methoxy groups -OCH3 is 1. The van der Waals surface area contributed by atoms with Crippen molar-refractivity contribution in [2.24, 2.45) is 0 Å². The molecule has 0 saturated carbocycles. The molecule has 0 aliphatic rings. The Balaban J connectivity index is 2.13. The van der Waals surface area contributed by atoms with Crippen LogP contribution >= 0.6 is 11.6 Å². The van der Waals surface area contributed by atoms with Gasteiger partial charge >= 0.3 is 12.0 Å². The molecule has 2 N–H and O–H groups in total. The van der Waals surface area contributed by atoms with E-state index in [1.54, 1.807) is 24.3 Å². The van der Waals surface area contributed by atoms with Crippen molar-refractivity contribution in [2.75, 3.05) is 19.0 Å². The molecule has 1 aromatic heterocycles. The van der Waals surface area contributed by atoms with Gasteiger partial charge in [-0.3, -0.25) is 4.79 Å². The van der Waals surface area contributed by atoms with Gasteiger partial charge in [0.25, 0.3) is 0 Å². The number of aromatic nitrogens is 3. The zero-order valence-corrected chi connectivity index (χ0v) is 11.9. The molecule has 0 fully saturated rings. The molecule has 0 amide bonds. The van der Waals surface area contributed by atoms with Crippen molar-refractivity contribution in [3.05, 3.63) is 41.2 Å². The van der Waals surface area contributed by atoms with E-state index in [9.17, 15) is 9.90 Å². The molecule has 1 aromatic carbocycles. The standard InChI is InChI=1S/C13H13ClN4O3/c1-21-13-17-11(14)16-12(18-13)15-7-9(10(19)20)8-5-3-2-4-6-8/h2-6,9H,7H2,1H3,(H,19,20)(H,15,16,17,18). The Kier molecular flexibility index (Phi) is 4.89. The summed E-state index contributed by atoms with van der Waals surface area (Å²) in [6.07, 6.45) is 0. The number of nitrogens with one attached hydrogen (secondary N) is 1. The van der Waals surface area contributed by atoms with Crippen molar-refractivity contribution < 1.29 is 14.6 Å². The molecule has 2 rings (SSSR count). The van der Waals surface area contributed by atoms with Gasteiger partial charge in [-0.2, -0.15) is 15.0 Å². The number of halogens is 1. The highest BCUT2D eigenvalue weighted by atomic mass is 35.5. The van der Waals surface area contributed by atoms with E-state index in [0.717, 1.165) is 0 Å². The summed E-state index contributed by atoms with van der Waals surface area (Å²) in [6.45, 7) is 0.114. The lowest BCUT2D eigenvalue weighted by molar-refractivity contribution is -0.138. The van der Waals surface area contributed by atoms with Crippen molar-refractivity contribution in [2.45, 2.75) is 5.92 Å². The smallest absolute Gasteiger partial charge is 0.322 e. The first-order valence-corrected chi connectivity index (χ1v) is 6.45. The van der Waals surface area contributed by atoms with Crippen molar-refractivity contribution in [3.8, 4) is 6.01 Å². The van der Waals surface area contributed by atoms with E-state index >= 15 is 0 Å². The molecule has 0 spiro atoms. The summed E-state index contributed by atoms with van der Waals surface area (Å²) in [5.74, 6) is -1.51. The number of carboxylic acid groups (broad SMARTS) is 1. The van der Waals surface area contributed by atoms with Gasteiger partial charge in [-0.15, -0.1) is 0 Å². The van der Waals surface area contributed by atoms with Crippen molar-refractivity contribution >= 4 is 23.5 Å². The van der Waals surface area contributed by atoms with Gasteiger partial charge in [0.1, 0.15) is 0 Å². The Morgan fingerprint density at radius 1 is 1.33 bits per heavy atom. The fourth-order valence-electron chi connectivity index (χ4n) is 1.73. The summed E-state index contributed by atoms with van der Waals surface area (Å²) in [6, 6.07) is 8.96. The van der Waals surface area contributed by atoms with Crippen LogP contribution in [0.1, 0.15) is 11.5 Å². The lowest BCUT2D eigenvalue weighted by atomic mass is 9.99. The van der Waals surface area contributed by atoms with Crippen molar-refractivity contribution in [1.82, 2.24) is 15.0 Å². The fourth-order valence-corrected chi connectivity index (χ4v) is 1.88. The lowest BCUT2D eigenvalue weighted by Gasteiger charge is -2.13. The van der Waals surface area contributed by atoms with Crippen LogP contribution in [0.3, 0.4) is 0 Å². The van der Waals surface area contributed by atoms with Gasteiger partial charge in [0.15, 0.2) is 0 Å². The minimum atomic E-state index is -0.944. The van der Waals surface area contributed by atoms with E-state index in [1.807, 2.05) is 6.07 Å². The molecule has 0 aliphatic heterocycles. The topological polar surface area (TPSA) is 97.2 Å². The molecule has 0 saturated heterocycles. The Hall–Kier alpha value is -2.41. The second-order valence-electron chi connectivity index (χ2n) is 4.10. The maximum absolute atomic E-state index is 11.4. The minimum Gasteiger partial charge on any atom is -0.481 e. The quantitative estimate of drug-likeness (QED) is 0.840. The number of nitrogens with zero attached hydrogens (tertiary/aromatic N) is 3. The minimum absolute atomic E-state index is 0.0315. The number of carboxylic acids is 1. The first-order valence-electron chi connectivity index (χ1n) is 6.07.